The van der Waals surface area contributed by atoms with Gasteiger partial charge >= 0.3 is 0 Å². The van der Waals surface area contributed by atoms with E-state index in [4.69, 9.17) is 26.5 Å². The number of benzene rings is 1. The highest BCUT2D eigenvalue weighted by molar-refractivity contribution is 6.32. The van der Waals surface area contributed by atoms with E-state index in [1.165, 1.54) is 0 Å². The van der Waals surface area contributed by atoms with Crippen molar-refractivity contribution in [1.29, 1.82) is 5.41 Å². The van der Waals surface area contributed by atoms with Crippen LogP contribution in [0.4, 0.5) is 0 Å². The van der Waals surface area contributed by atoms with Gasteiger partial charge in [-0.05, 0) is 32.9 Å². The number of pyridine rings is 1. The van der Waals surface area contributed by atoms with Crippen LogP contribution in [0.5, 0.6) is 11.6 Å². The van der Waals surface area contributed by atoms with Crippen molar-refractivity contribution < 1.29 is 9.47 Å². The molecular formula is C15H17ClN2O2. The molecular weight excluding hydrogens is 276 g/mol. The number of rotatable bonds is 4. The van der Waals surface area contributed by atoms with Crippen LogP contribution in [0.15, 0.2) is 18.2 Å². The van der Waals surface area contributed by atoms with Gasteiger partial charge in [-0.3, -0.25) is 0 Å². The van der Waals surface area contributed by atoms with Gasteiger partial charge in [-0.15, -0.1) is 0 Å². The SMILES string of the molecule is COc1nc2cc(OC(C)C)c(Cl)cc2cc1C(C)=N. The summed E-state index contributed by atoms with van der Waals surface area (Å²) in [4.78, 5) is 4.42. The van der Waals surface area contributed by atoms with Crippen LogP contribution in [-0.2, 0) is 0 Å². The van der Waals surface area contributed by atoms with Crippen LogP contribution >= 0.6 is 11.6 Å². The van der Waals surface area contributed by atoms with Gasteiger partial charge in [0.2, 0.25) is 5.88 Å². The Bertz CT molecular complexity index is 668. The molecule has 106 valence electrons. The minimum absolute atomic E-state index is 0.0370. The molecule has 2 aromatic rings. The third-order valence-electron chi connectivity index (χ3n) is 2.79. The summed E-state index contributed by atoms with van der Waals surface area (Å²) >= 11 is 6.22. The third-order valence-corrected chi connectivity index (χ3v) is 3.09. The molecule has 0 spiro atoms. The van der Waals surface area contributed by atoms with E-state index in [0.29, 0.717) is 27.9 Å². The number of nitrogens with one attached hydrogen (secondary N) is 1. The van der Waals surface area contributed by atoms with Crippen molar-refractivity contribution in [2.45, 2.75) is 26.9 Å². The zero-order valence-corrected chi connectivity index (χ0v) is 12.7. The Balaban J connectivity index is 2.63. The quantitative estimate of drug-likeness (QED) is 0.864. The molecule has 1 aromatic carbocycles. The van der Waals surface area contributed by atoms with Crippen LogP contribution in [0.2, 0.25) is 5.02 Å². The van der Waals surface area contributed by atoms with Gasteiger partial charge in [0.1, 0.15) is 5.75 Å². The molecule has 0 radical (unpaired) electrons. The molecule has 1 N–H and O–H groups in total. The highest BCUT2D eigenvalue weighted by Crippen LogP contribution is 2.32. The smallest absolute Gasteiger partial charge is 0.222 e. The molecule has 1 heterocycles. The van der Waals surface area contributed by atoms with Crippen molar-refractivity contribution in [2.75, 3.05) is 7.11 Å². The summed E-state index contributed by atoms with van der Waals surface area (Å²) in [6, 6.07) is 5.45. The van der Waals surface area contributed by atoms with Crippen molar-refractivity contribution in [1.82, 2.24) is 4.98 Å². The zero-order valence-electron chi connectivity index (χ0n) is 12.0. The largest absolute Gasteiger partial charge is 0.489 e. The highest BCUT2D eigenvalue weighted by atomic mass is 35.5. The van der Waals surface area contributed by atoms with Gasteiger partial charge in [0.15, 0.2) is 0 Å². The molecule has 0 aliphatic rings. The fraction of sp³-hybridized carbons (Fsp3) is 0.333. The molecule has 0 bridgehead atoms. The zero-order chi connectivity index (χ0) is 14.9. The van der Waals surface area contributed by atoms with Gasteiger partial charge < -0.3 is 14.9 Å². The third kappa shape index (κ3) is 2.85. The summed E-state index contributed by atoms with van der Waals surface area (Å²) in [7, 11) is 1.54. The van der Waals surface area contributed by atoms with E-state index < -0.39 is 0 Å². The first-order valence-electron chi connectivity index (χ1n) is 6.33. The first-order chi connectivity index (χ1) is 9.42. The molecule has 4 nitrogen and oxygen atoms in total. The van der Waals surface area contributed by atoms with Gasteiger partial charge in [0.05, 0.1) is 29.3 Å². The maximum absolute atomic E-state index is 7.77. The molecule has 0 fully saturated rings. The summed E-state index contributed by atoms with van der Waals surface area (Å²) in [5, 5.41) is 9.15. The van der Waals surface area contributed by atoms with Gasteiger partial charge in [-0.2, -0.15) is 0 Å². The summed E-state index contributed by atoms with van der Waals surface area (Å²) in [6.45, 7) is 5.58. The highest BCUT2D eigenvalue weighted by Gasteiger charge is 2.12. The van der Waals surface area contributed by atoms with Crippen LogP contribution in [0.1, 0.15) is 26.3 Å². The van der Waals surface area contributed by atoms with Gasteiger partial charge in [-0.1, -0.05) is 11.6 Å². The first-order valence-corrected chi connectivity index (χ1v) is 6.70. The topological polar surface area (TPSA) is 55.2 Å². The minimum Gasteiger partial charge on any atom is -0.489 e. The maximum atomic E-state index is 7.77. The van der Waals surface area contributed by atoms with Crippen LogP contribution < -0.4 is 9.47 Å². The second-order valence-corrected chi connectivity index (χ2v) is 5.22. The minimum atomic E-state index is 0.0370. The van der Waals surface area contributed by atoms with Crippen molar-refractivity contribution in [3.63, 3.8) is 0 Å². The monoisotopic (exact) mass is 292 g/mol. The van der Waals surface area contributed by atoms with Crippen LogP contribution in [0, 0.1) is 5.41 Å². The summed E-state index contributed by atoms with van der Waals surface area (Å²) in [5.74, 6) is 1.03. The Hall–Kier alpha value is -1.81. The average molecular weight is 293 g/mol. The standard InChI is InChI=1S/C15H17ClN2O2/c1-8(2)20-14-7-13-10(6-12(14)16)5-11(9(3)17)15(18-13)19-4/h5-8,17H,1-4H3. The summed E-state index contributed by atoms with van der Waals surface area (Å²) in [6.07, 6.45) is 0.0370. The molecule has 0 aliphatic carbocycles. The lowest BCUT2D eigenvalue weighted by atomic mass is 10.1. The number of hydrogen-bond donors (Lipinski definition) is 1. The number of nitrogens with zero attached hydrogens (tertiary/aromatic N) is 1. The Morgan fingerprint density at radius 3 is 2.55 bits per heavy atom. The van der Waals surface area contributed by atoms with E-state index in [1.54, 1.807) is 26.2 Å². The van der Waals surface area contributed by atoms with Crippen molar-refractivity contribution >= 4 is 28.2 Å². The molecule has 0 saturated carbocycles. The lowest BCUT2D eigenvalue weighted by molar-refractivity contribution is 0.243. The number of ether oxygens (including phenoxy) is 2. The second kappa shape index (κ2) is 5.67. The van der Waals surface area contributed by atoms with Crippen LogP contribution in [-0.4, -0.2) is 23.9 Å². The first kappa shape index (κ1) is 14.6. The van der Waals surface area contributed by atoms with E-state index in [9.17, 15) is 0 Å². The fourth-order valence-electron chi connectivity index (χ4n) is 1.93. The number of methoxy groups -OCH3 is 1. The molecule has 0 aliphatic heterocycles. The number of hydrogen-bond acceptors (Lipinski definition) is 4. The lowest BCUT2D eigenvalue weighted by Gasteiger charge is -2.13. The van der Waals surface area contributed by atoms with E-state index in [-0.39, 0.29) is 6.10 Å². The molecule has 5 heteroatoms. The van der Waals surface area contributed by atoms with E-state index in [1.807, 2.05) is 19.9 Å². The molecule has 20 heavy (non-hydrogen) atoms. The summed E-state index contributed by atoms with van der Waals surface area (Å²) in [5.41, 5.74) is 1.79. The van der Waals surface area contributed by atoms with Gasteiger partial charge in [-0.25, -0.2) is 4.98 Å². The van der Waals surface area contributed by atoms with Gasteiger partial charge in [0, 0.05) is 17.2 Å². The van der Waals surface area contributed by atoms with E-state index in [2.05, 4.69) is 4.98 Å². The molecule has 0 unspecified atom stereocenters. The average Bonchev–Trinajstić information content (AvgIpc) is 2.37. The van der Waals surface area contributed by atoms with Crippen molar-refractivity contribution in [3.05, 3.63) is 28.8 Å². The molecule has 1 aromatic heterocycles. The summed E-state index contributed by atoms with van der Waals surface area (Å²) < 4.78 is 10.9. The Kier molecular flexibility index (Phi) is 4.14. The Morgan fingerprint density at radius 1 is 1.30 bits per heavy atom. The second-order valence-electron chi connectivity index (χ2n) is 4.81. The molecule has 2 rings (SSSR count). The predicted octanol–water partition coefficient (Wildman–Crippen LogP) is 4.07. The molecule has 0 saturated heterocycles. The van der Waals surface area contributed by atoms with Crippen molar-refractivity contribution in [3.8, 4) is 11.6 Å². The van der Waals surface area contributed by atoms with E-state index >= 15 is 0 Å². The lowest BCUT2D eigenvalue weighted by Crippen LogP contribution is -2.06. The molecule has 0 atom stereocenters. The van der Waals surface area contributed by atoms with Crippen molar-refractivity contribution in [2.24, 2.45) is 0 Å². The molecule has 0 amide bonds. The van der Waals surface area contributed by atoms with Crippen LogP contribution in [0.3, 0.4) is 0 Å². The normalized spacial score (nSPS) is 10.9. The Labute approximate surface area is 123 Å². The maximum Gasteiger partial charge on any atom is 0.222 e. The number of halogens is 1. The fourth-order valence-corrected chi connectivity index (χ4v) is 2.14. The number of aromatic nitrogens is 1. The number of fused-ring (bicyclic) bond motifs is 1. The van der Waals surface area contributed by atoms with Gasteiger partial charge in [0.25, 0.3) is 0 Å². The Morgan fingerprint density at radius 2 is 2.00 bits per heavy atom. The van der Waals surface area contributed by atoms with Crippen LogP contribution in [0.25, 0.3) is 10.9 Å². The van der Waals surface area contributed by atoms with E-state index in [0.717, 1.165) is 10.9 Å². The predicted molar refractivity (Wildman–Crippen MR) is 81.6 cm³/mol.